The summed E-state index contributed by atoms with van der Waals surface area (Å²) in [5, 5.41) is 18.8. The molecular formula is C31H25N5O5S. The van der Waals surface area contributed by atoms with Crippen molar-refractivity contribution in [2.24, 2.45) is 0 Å². The molecule has 42 heavy (non-hydrogen) atoms. The van der Waals surface area contributed by atoms with Gasteiger partial charge in [-0.15, -0.1) is 0 Å². The maximum absolute atomic E-state index is 13.3. The van der Waals surface area contributed by atoms with Crippen LogP contribution in [0.4, 0.5) is 11.5 Å². The Morgan fingerprint density at radius 3 is 2.36 bits per heavy atom. The molecule has 5 rings (SSSR count). The average Bonchev–Trinajstić information content (AvgIpc) is 3.80. The monoisotopic (exact) mass is 579 g/mol. The number of ether oxygens (including phenoxy) is 2. The van der Waals surface area contributed by atoms with Crippen LogP contribution in [-0.4, -0.2) is 42.1 Å². The van der Waals surface area contributed by atoms with Gasteiger partial charge >= 0.3 is 0 Å². The minimum absolute atomic E-state index is 0.00922. The average molecular weight is 580 g/mol. The number of imide groups is 1. The molecule has 0 radical (unpaired) electrons. The summed E-state index contributed by atoms with van der Waals surface area (Å²) in [5.74, 6) is 0.0595. The van der Waals surface area contributed by atoms with Crippen molar-refractivity contribution in [1.29, 1.82) is 10.5 Å². The van der Waals surface area contributed by atoms with Crippen molar-refractivity contribution in [2.45, 2.75) is 35.5 Å². The molecule has 2 heterocycles. The second-order valence-corrected chi connectivity index (χ2v) is 10.9. The number of hydrogen-bond acceptors (Lipinski definition) is 10. The number of pyridine rings is 1. The van der Waals surface area contributed by atoms with Crippen LogP contribution in [0.2, 0.25) is 0 Å². The lowest BCUT2D eigenvalue weighted by molar-refractivity contribution is -0.121. The molecule has 2 amide bonds. The molecule has 0 unspecified atom stereocenters. The Morgan fingerprint density at radius 2 is 1.74 bits per heavy atom. The molecule has 1 aromatic heterocycles. The Kier molecular flexibility index (Phi) is 7.96. The highest BCUT2D eigenvalue weighted by molar-refractivity contribution is 8.00. The van der Waals surface area contributed by atoms with Gasteiger partial charge in [0.1, 0.15) is 23.0 Å². The zero-order valence-electron chi connectivity index (χ0n) is 22.8. The first-order valence-electron chi connectivity index (χ1n) is 13.0. The number of carbonyl (C=O) groups excluding carboxylic acids is 3. The normalized spacial score (nSPS) is 16.4. The van der Waals surface area contributed by atoms with Gasteiger partial charge in [-0.25, -0.2) is 9.88 Å². The zero-order valence-corrected chi connectivity index (χ0v) is 23.6. The van der Waals surface area contributed by atoms with E-state index in [9.17, 15) is 24.9 Å². The van der Waals surface area contributed by atoms with Gasteiger partial charge in [0.05, 0.1) is 36.3 Å². The number of amides is 2. The number of methoxy groups -OCH3 is 2. The molecule has 0 bridgehead atoms. The van der Waals surface area contributed by atoms with Crippen LogP contribution in [-0.2, 0) is 9.59 Å². The maximum atomic E-state index is 13.3. The van der Waals surface area contributed by atoms with E-state index in [4.69, 9.17) is 15.2 Å². The minimum atomic E-state index is -0.817. The van der Waals surface area contributed by atoms with Gasteiger partial charge in [0.15, 0.2) is 17.3 Å². The Labute approximate surface area is 246 Å². The van der Waals surface area contributed by atoms with E-state index < -0.39 is 17.1 Å². The predicted octanol–water partition coefficient (Wildman–Crippen LogP) is 4.62. The molecule has 2 fully saturated rings. The van der Waals surface area contributed by atoms with E-state index in [-0.39, 0.29) is 40.1 Å². The van der Waals surface area contributed by atoms with Crippen LogP contribution >= 0.6 is 11.8 Å². The summed E-state index contributed by atoms with van der Waals surface area (Å²) in [5.41, 5.74) is 8.49. The molecule has 10 nitrogen and oxygen atoms in total. The van der Waals surface area contributed by atoms with Crippen LogP contribution in [0.5, 0.6) is 11.5 Å². The van der Waals surface area contributed by atoms with E-state index in [1.165, 1.54) is 13.2 Å². The molecule has 11 heteroatoms. The largest absolute Gasteiger partial charge is 0.493 e. The van der Waals surface area contributed by atoms with Crippen molar-refractivity contribution in [1.82, 2.24) is 4.98 Å². The number of aromatic nitrogens is 1. The Morgan fingerprint density at radius 1 is 1.05 bits per heavy atom. The number of nitrogens with zero attached hydrogens (tertiary/aromatic N) is 4. The van der Waals surface area contributed by atoms with Gasteiger partial charge in [-0.2, -0.15) is 10.5 Å². The first kappa shape index (κ1) is 28.4. The smallest absolute Gasteiger partial charge is 0.247 e. The number of nitrogen functional groups attached to an aromatic ring is 1. The molecule has 1 saturated heterocycles. The third kappa shape index (κ3) is 5.42. The Balaban J connectivity index is 1.31. The van der Waals surface area contributed by atoms with E-state index in [1.807, 2.05) is 6.07 Å². The van der Waals surface area contributed by atoms with Gasteiger partial charge in [-0.3, -0.25) is 14.4 Å². The number of thioether (sulfide) groups is 1. The fraction of sp³-hybridized carbons (Fsp3) is 0.226. The van der Waals surface area contributed by atoms with Crippen LogP contribution < -0.4 is 20.1 Å². The molecule has 2 aromatic carbocycles. The predicted molar refractivity (Wildman–Crippen MR) is 156 cm³/mol. The van der Waals surface area contributed by atoms with E-state index in [0.29, 0.717) is 28.3 Å². The molecule has 1 saturated carbocycles. The molecule has 0 spiro atoms. The second kappa shape index (κ2) is 11.8. The number of nitriles is 2. The SMILES string of the molecule is COc1ccc(/C=C/C(=O)c2ccc(N3C(=O)C[C@@H](Sc4nc(N)c(C#N)c(C5CC5)c4C#N)C3=O)cc2)cc1OC. The van der Waals surface area contributed by atoms with Crippen LogP contribution in [0, 0.1) is 22.7 Å². The summed E-state index contributed by atoms with van der Waals surface area (Å²) in [6.07, 6.45) is 4.67. The first-order valence-corrected chi connectivity index (χ1v) is 13.9. The van der Waals surface area contributed by atoms with Crippen molar-refractivity contribution in [3.63, 3.8) is 0 Å². The molecule has 2 aliphatic rings. The molecule has 2 N–H and O–H groups in total. The summed E-state index contributed by atoms with van der Waals surface area (Å²) < 4.78 is 10.5. The van der Waals surface area contributed by atoms with Crippen LogP contribution in [0.25, 0.3) is 6.08 Å². The van der Waals surface area contributed by atoms with Gasteiger partial charge in [0, 0.05) is 12.0 Å². The van der Waals surface area contributed by atoms with Crippen LogP contribution in [0.15, 0.2) is 53.6 Å². The zero-order chi connectivity index (χ0) is 30.0. The molecule has 3 aromatic rings. The molecule has 210 valence electrons. The number of ketones is 1. The Bertz CT molecular complexity index is 1720. The number of hydrogen-bond donors (Lipinski definition) is 1. The second-order valence-electron chi connectivity index (χ2n) is 9.70. The minimum Gasteiger partial charge on any atom is -0.493 e. The van der Waals surface area contributed by atoms with Crippen LogP contribution in [0.1, 0.15) is 57.8 Å². The van der Waals surface area contributed by atoms with E-state index in [0.717, 1.165) is 35.1 Å². The van der Waals surface area contributed by atoms with Crippen LogP contribution in [0.3, 0.4) is 0 Å². The van der Waals surface area contributed by atoms with Crippen molar-refractivity contribution >= 4 is 46.9 Å². The van der Waals surface area contributed by atoms with Crippen molar-refractivity contribution in [3.8, 4) is 23.6 Å². The third-order valence-electron chi connectivity index (χ3n) is 7.04. The van der Waals surface area contributed by atoms with Crippen molar-refractivity contribution in [3.05, 3.63) is 76.4 Å². The van der Waals surface area contributed by atoms with Gasteiger partial charge in [-0.05, 0) is 72.4 Å². The van der Waals surface area contributed by atoms with Crippen molar-refractivity contribution in [2.75, 3.05) is 24.9 Å². The number of nitrogens with two attached hydrogens (primary N) is 1. The molecular weight excluding hydrogens is 554 g/mol. The Hall–Kier alpha value is -5.13. The highest BCUT2D eigenvalue weighted by Crippen LogP contribution is 2.47. The lowest BCUT2D eigenvalue weighted by Gasteiger charge is -2.16. The summed E-state index contributed by atoms with van der Waals surface area (Å²) >= 11 is 1.01. The quantitative estimate of drug-likeness (QED) is 0.215. The van der Waals surface area contributed by atoms with Crippen molar-refractivity contribution < 1.29 is 23.9 Å². The van der Waals surface area contributed by atoms with E-state index >= 15 is 0 Å². The topological polar surface area (TPSA) is 159 Å². The lowest BCUT2D eigenvalue weighted by atomic mass is 10.0. The third-order valence-corrected chi connectivity index (χ3v) is 8.22. The summed E-state index contributed by atoms with van der Waals surface area (Å²) in [7, 11) is 3.07. The summed E-state index contributed by atoms with van der Waals surface area (Å²) in [6.45, 7) is 0. The highest BCUT2D eigenvalue weighted by atomic mass is 32.2. The summed E-state index contributed by atoms with van der Waals surface area (Å²) in [4.78, 5) is 44.3. The fourth-order valence-corrected chi connectivity index (χ4v) is 5.92. The number of rotatable bonds is 9. The molecule has 1 aliphatic heterocycles. The van der Waals surface area contributed by atoms with E-state index in [2.05, 4.69) is 11.1 Å². The fourth-order valence-electron chi connectivity index (χ4n) is 4.79. The van der Waals surface area contributed by atoms with Gasteiger partial charge in [0.25, 0.3) is 0 Å². The maximum Gasteiger partial charge on any atom is 0.247 e. The highest BCUT2D eigenvalue weighted by Gasteiger charge is 2.42. The van der Waals surface area contributed by atoms with Gasteiger partial charge in [-0.1, -0.05) is 23.9 Å². The number of carbonyl (C=O) groups is 3. The first-order chi connectivity index (χ1) is 20.3. The molecule has 1 aliphatic carbocycles. The number of benzene rings is 2. The summed E-state index contributed by atoms with van der Waals surface area (Å²) in [6, 6.07) is 15.7. The van der Waals surface area contributed by atoms with E-state index in [1.54, 1.807) is 55.7 Å². The van der Waals surface area contributed by atoms with Gasteiger partial charge < -0.3 is 15.2 Å². The molecule has 1 atom stereocenters. The van der Waals surface area contributed by atoms with Gasteiger partial charge in [0.2, 0.25) is 11.8 Å². The number of allylic oxidation sites excluding steroid dienone is 1. The standard InChI is InChI=1S/C31H25N5O5S/c1-40-24-12-4-17(13-25(24)41-2)3-11-23(37)18-7-9-20(10-8-18)36-27(38)14-26(31(36)39)42-30-22(16-33)28(19-5-6-19)21(15-32)29(34)35-30/h3-4,7-13,19,26H,5-6,14H2,1-2H3,(H2,34,35)/b11-3+/t26-/m1/s1. The lowest BCUT2D eigenvalue weighted by Crippen LogP contribution is -2.31. The number of anilines is 2.